The summed E-state index contributed by atoms with van der Waals surface area (Å²) in [6.45, 7) is 1.38. The Kier molecular flexibility index (Phi) is 3.12. The molecule has 0 aliphatic carbocycles. The van der Waals surface area contributed by atoms with Crippen LogP contribution in [0.2, 0.25) is 0 Å². The van der Waals surface area contributed by atoms with Crippen molar-refractivity contribution in [1.29, 1.82) is 0 Å². The van der Waals surface area contributed by atoms with Crippen molar-refractivity contribution in [1.82, 2.24) is 9.88 Å². The maximum atomic E-state index is 12.5. The van der Waals surface area contributed by atoms with E-state index < -0.39 is 0 Å². The fourth-order valence-electron chi connectivity index (χ4n) is 2.47. The zero-order valence-electron chi connectivity index (χ0n) is 10.5. The van der Waals surface area contributed by atoms with Crippen LogP contribution in [0.25, 0.3) is 10.1 Å². The first-order chi connectivity index (χ1) is 9.16. The van der Waals surface area contributed by atoms with Gasteiger partial charge in [-0.3, -0.25) is 9.78 Å². The molecule has 2 aromatic rings. The third-order valence-corrected chi connectivity index (χ3v) is 4.61. The number of aromatic nitrogens is 1. The predicted molar refractivity (Wildman–Crippen MR) is 77.1 cm³/mol. The molecule has 3 rings (SSSR count). The van der Waals surface area contributed by atoms with Gasteiger partial charge in [0.25, 0.3) is 5.91 Å². The van der Waals surface area contributed by atoms with Crippen LogP contribution in [0.4, 0.5) is 5.69 Å². The monoisotopic (exact) mass is 276 g/mol. The van der Waals surface area contributed by atoms with E-state index in [0.717, 1.165) is 29.5 Å². The maximum absolute atomic E-state index is 12.5. The number of thiophene rings is 1. The number of nitrogen functional groups attached to an aromatic ring is 1. The second kappa shape index (κ2) is 4.79. The molecule has 3 heterocycles. The van der Waals surface area contributed by atoms with Gasteiger partial charge in [0.2, 0.25) is 0 Å². The van der Waals surface area contributed by atoms with Crippen molar-refractivity contribution in [2.45, 2.75) is 18.9 Å². The van der Waals surface area contributed by atoms with Crippen molar-refractivity contribution in [2.24, 2.45) is 5.73 Å². The van der Waals surface area contributed by atoms with Crippen molar-refractivity contribution in [3.05, 3.63) is 23.3 Å². The average molecular weight is 276 g/mol. The van der Waals surface area contributed by atoms with E-state index in [1.807, 2.05) is 11.0 Å². The highest BCUT2D eigenvalue weighted by molar-refractivity contribution is 7.21. The highest BCUT2D eigenvalue weighted by Crippen LogP contribution is 2.34. The van der Waals surface area contributed by atoms with Gasteiger partial charge in [0.15, 0.2) is 0 Å². The Morgan fingerprint density at radius 1 is 1.53 bits per heavy atom. The minimum absolute atomic E-state index is 0.00569. The Morgan fingerprint density at radius 2 is 2.37 bits per heavy atom. The molecule has 2 aromatic heterocycles. The first-order valence-corrected chi connectivity index (χ1v) is 7.15. The second-order valence-electron chi connectivity index (χ2n) is 4.87. The summed E-state index contributed by atoms with van der Waals surface area (Å²) in [6.07, 6.45) is 5.38. The summed E-state index contributed by atoms with van der Waals surface area (Å²) in [5.74, 6) is -0.00569. The highest BCUT2D eigenvalue weighted by Gasteiger charge is 2.25. The number of hydrogen-bond acceptors (Lipinski definition) is 5. The number of anilines is 1. The van der Waals surface area contributed by atoms with Crippen molar-refractivity contribution >= 4 is 33.0 Å². The van der Waals surface area contributed by atoms with Crippen LogP contribution in [-0.2, 0) is 0 Å². The number of pyridine rings is 1. The number of carbonyl (C=O) groups is 1. The maximum Gasteiger partial charge on any atom is 0.266 e. The minimum atomic E-state index is -0.00569. The van der Waals surface area contributed by atoms with Crippen molar-refractivity contribution in [3.63, 3.8) is 0 Å². The fraction of sp³-hybridized carbons (Fsp3) is 0.385. The molecule has 1 aliphatic heterocycles. The lowest BCUT2D eigenvalue weighted by atomic mass is 10.1. The normalized spacial score (nSPS) is 19.8. The second-order valence-corrected chi connectivity index (χ2v) is 5.92. The first kappa shape index (κ1) is 12.4. The molecule has 0 bridgehead atoms. The van der Waals surface area contributed by atoms with Gasteiger partial charge in [0, 0.05) is 36.9 Å². The molecule has 100 valence electrons. The quantitative estimate of drug-likeness (QED) is 0.825. The Balaban J connectivity index is 1.95. The largest absolute Gasteiger partial charge is 0.397 e. The molecule has 1 atom stereocenters. The topological polar surface area (TPSA) is 85.2 Å². The molecular formula is C13H16N4OS. The van der Waals surface area contributed by atoms with Gasteiger partial charge >= 0.3 is 0 Å². The fourth-order valence-corrected chi connectivity index (χ4v) is 3.53. The molecule has 6 heteroatoms. The van der Waals surface area contributed by atoms with E-state index in [-0.39, 0.29) is 11.9 Å². The molecule has 1 fully saturated rings. The van der Waals surface area contributed by atoms with Gasteiger partial charge in [-0.25, -0.2) is 0 Å². The average Bonchev–Trinajstić information content (AvgIpc) is 2.76. The molecule has 0 aromatic carbocycles. The number of fused-ring (bicyclic) bond motifs is 1. The number of likely N-dealkylation sites (tertiary alicyclic amines) is 1. The SMILES string of the molecule is Nc1c(C(=O)N2CCCC(N)C2)sc2cnccc12. The van der Waals surface area contributed by atoms with Gasteiger partial charge in [-0.15, -0.1) is 11.3 Å². The minimum Gasteiger partial charge on any atom is -0.397 e. The summed E-state index contributed by atoms with van der Waals surface area (Å²) in [4.78, 5) is 19.0. The summed E-state index contributed by atoms with van der Waals surface area (Å²) in [5, 5.41) is 0.907. The lowest BCUT2D eigenvalue weighted by Crippen LogP contribution is -2.45. The Hall–Kier alpha value is -1.66. The molecular weight excluding hydrogens is 260 g/mol. The van der Waals surface area contributed by atoms with Crippen LogP contribution in [0.1, 0.15) is 22.5 Å². The van der Waals surface area contributed by atoms with Crippen LogP contribution in [0.3, 0.4) is 0 Å². The Morgan fingerprint density at radius 3 is 3.11 bits per heavy atom. The van der Waals surface area contributed by atoms with E-state index in [1.54, 1.807) is 12.4 Å². The summed E-state index contributed by atoms with van der Waals surface area (Å²) in [6, 6.07) is 1.93. The standard InChI is InChI=1S/C13H16N4OS/c14-8-2-1-5-17(7-8)13(18)12-11(15)9-3-4-16-6-10(9)19-12/h3-4,6,8H,1-2,5,7,14-15H2. The lowest BCUT2D eigenvalue weighted by molar-refractivity contribution is 0.0715. The van der Waals surface area contributed by atoms with Crippen LogP contribution >= 0.6 is 11.3 Å². The number of nitrogens with two attached hydrogens (primary N) is 2. The van der Waals surface area contributed by atoms with Crippen LogP contribution in [0, 0.1) is 0 Å². The first-order valence-electron chi connectivity index (χ1n) is 6.33. The number of nitrogens with zero attached hydrogens (tertiary/aromatic N) is 2. The molecule has 0 spiro atoms. The van der Waals surface area contributed by atoms with Crippen LogP contribution in [0.5, 0.6) is 0 Å². The molecule has 0 saturated carbocycles. The van der Waals surface area contributed by atoms with Gasteiger partial charge in [-0.2, -0.15) is 0 Å². The van der Waals surface area contributed by atoms with Crippen molar-refractivity contribution in [3.8, 4) is 0 Å². The Bertz CT molecular complexity index is 624. The third kappa shape index (κ3) is 2.17. The van der Waals surface area contributed by atoms with Gasteiger partial charge in [-0.1, -0.05) is 0 Å². The van der Waals surface area contributed by atoms with Gasteiger partial charge in [0.05, 0.1) is 10.4 Å². The molecule has 0 radical (unpaired) electrons. The summed E-state index contributed by atoms with van der Waals surface area (Å²) < 4.78 is 0.949. The van der Waals surface area contributed by atoms with E-state index in [1.165, 1.54) is 11.3 Å². The van der Waals surface area contributed by atoms with Crippen molar-refractivity contribution < 1.29 is 4.79 Å². The number of hydrogen-bond donors (Lipinski definition) is 2. The van der Waals surface area contributed by atoms with E-state index in [9.17, 15) is 4.79 Å². The number of amides is 1. The molecule has 1 aliphatic rings. The number of carbonyl (C=O) groups excluding carboxylic acids is 1. The van der Waals surface area contributed by atoms with Crippen LogP contribution in [-0.4, -0.2) is 34.9 Å². The van der Waals surface area contributed by atoms with Gasteiger partial charge < -0.3 is 16.4 Å². The molecule has 4 N–H and O–H groups in total. The number of piperidine rings is 1. The van der Waals surface area contributed by atoms with Gasteiger partial charge in [-0.05, 0) is 18.9 Å². The summed E-state index contributed by atoms with van der Waals surface area (Å²) >= 11 is 1.41. The summed E-state index contributed by atoms with van der Waals surface area (Å²) in [5.41, 5.74) is 12.6. The van der Waals surface area contributed by atoms with Gasteiger partial charge in [0.1, 0.15) is 4.88 Å². The molecule has 1 unspecified atom stereocenters. The molecule has 19 heavy (non-hydrogen) atoms. The summed E-state index contributed by atoms with van der Waals surface area (Å²) in [7, 11) is 0. The van der Waals surface area contributed by atoms with Crippen molar-refractivity contribution in [2.75, 3.05) is 18.8 Å². The van der Waals surface area contributed by atoms with Crippen LogP contribution in [0.15, 0.2) is 18.5 Å². The Labute approximate surface area is 115 Å². The van der Waals surface area contributed by atoms with E-state index in [4.69, 9.17) is 11.5 Å². The highest BCUT2D eigenvalue weighted by atomic mass is 32.1. The smallest absolute Gasteiger partial charge is 0.266 e. The van der Waals surface area contributed by atoms with E-state index >= 15 is 0 Å². The molecule has 5 nitrogen and oxygen atoms in total. The zero-order chi connectivity index (χ0) is 13.4. The van der Waals surface area contributed by atoms with E-state index in [2.05, 4.69) is 4.98 Å². The molecule has 1 amide bonds. The zero-order valence-corrected chi connectivity index (χ0v) is 11.3. The van der Waals surface area contributed by atoms with E-state index in [0.29, 0.717) is 17.1 Å². The molecule has 1 saturated heterocycles. The predicted octanol–water partition coefficient (Wildman–Crippen LogP) is 1.44. The van der Waals surface area contributed by atoms with Crippen LogP contribution < -0.4 is 11.5 Å². The lowest BCUT2D eigenvalue weighted by Gasteiger charge is -2.30. The number of rotatable bonds is 1. The third-order valence-electron chi connectivity index (χ3n) is 3.47.